The first-order valence-electron chi connectivity index (χ1n) is 13.0. The zero-order chi connectivity index (χ0) is 26.3. The van der Waals surface area contributed by atoms with Gasteiger partial charge in [0.25, 0.3) is 0 Å². The van der Waals surface area contributed by atoms with E-state index in [1.54, 1.807) is 12.1 Å². The first-order valence-corrected chi connectivity index (χ1v) is 14.4. The number of hydrogen-bond donors (Lipinski definition) is 2. The van der Waals surface area contributed by atoms with Crippen LogP contribution in [0.15, 0.2) is 29.2 Å². The highest BCUT2D eigenvalue weighted by Crippen LogP contribution is 2.32. The highest BCUT2D eigenvalue weighted by molar-refractivity contribution is 7.89. The number of nitrogens with zero attached hydrogens (tertiary/aromatic N) is 2. The summed E-state index contributed by atoms with van der Waals surface area (Å²) in [7, 11) is -2.39. The van der Waals surface area contributed by atoms with Crippen LogP contribution in [0.1, 0.15) is 25.7 Å². The highest BCUT2D eigenvalue weighted by atomic mass is 32.2. The van der Waals surface area contributed by atoms with E-state index in [-0.39, 0.29) is 43.1 Å². The van der Waals surface area contributed by atoms with Gasteiger partial charge in [-0.2, -0.15) is 4.31 Å². The van der Waals surface area contributed by atoms with Crippen LogP contribution in [0.3, 0.4) is 0 Å². The molecule has 0 aliphatic carbocycles. The minimum absolute atomic E-state index is 0.00943. The van der Waals surface area contributed by atoms with Crippen LogP contribution in [0.4, 0.5) is 0 Å². The van der Waals surface area contributed by atoms with Gasteiger partial charge in [-0.15, -0.1) is 0 Å². The highest BCUT2D eigenvalue weighted by Gasteiger charge is 2.43. The van der Waals surface area contributed by atoms with Crippen LogP contribution in [0, 0.1) is 0 Å². The van der Waals surface area contributed by atoms with Crippen molar-refractivity contribution in [3.63, 3.8) is 0 Å². The maximum atomic E-state index is 13.6. The van der Waals surface area contributed by atoms with Gasteiger partial charge in [-0.3, -0.25) is 9.69 Å². The number of carbonyl (C=O) groups excluding carboxylic acids is 1. The van der Waals surface area contributed by atoms with Crippen molar-refractivity contribution in [3.8, 4) is 5.75 Å². The summed E-state index contributed by atoms with van der Waals surface area (Å²) in [6.07, 6.45) is 0.325. The van der Waals surface area contributed by atoms with Crippen molar-refractivity contribution < 1.29 is 37.3 Å². The van der Waals surface area contributed by atoms with Crippen molar-refractivity contribution >= 4 is 15.9 Å². The van der Waals surface area contributed by atoms with E-state index in [2.05, 4.69) is 10.2 Å². The maximum Gasteiger partial charge on any atom is 0.243 e. The fourth-order valence-corrected chi connectivity index (χ4v) is 6.80. The van der Waals surface area contributed by atoms with E-state index in [0.717, 1.165) is 39.3 Å². The quantitative estimate of drug-likeness (QED) is 0.422. The first kappa shape index (κ1) is 28.2. The summed E-state index contributed by atoms with van der Waals surface area (Å²) in [6, 6.07) is 5.69. The van der Waals surface area contributed by atoms with Gasteiger partial charge in [0.1, 0.15) is 5.75 Å². The van der Waals surface area contributed by atoms with Crippen molar-refractivity contribution in [2.75, 3.05) is 66.3 Å². The number of benzene rings is 1. The predicted molar refractivity (Wildman–Crippen MR) is 135 cm³/mol. The molecule has 12 heteroatoms. The Labute approximate surface area is 219 Å². The minimum Gasteiger partial charge on any atom is -0.497 e. The van der Waals surface area contributed by atoms with Gasteiger partial charge in [-0.05, 0) is 50.1 Å². The van der Waals surface area contributed by atoms with Crippen LogP contribution < -0.4 is 10.1 Å². The summed E-state index contributed by atoms with van der Waals surface area (Å²) in [5.74, 6) is 0.483. The number of nitrogens with one attached hydrogen (secondary N) is 1. The van der Waals surface area contributed by atoms with Crippen molar-refractivity contribution in [3.05, 3.63) is 24.3 Å². The van der Waals surface area contributed by atoms with Crippen LogP contribution in [-0.2, 0) is 29.0 Å². The number of aliphatic hydroxyl groups is 1. The molecule has 3 aliphatic heterocycles. The summed E-state index contributed by atoms with van der Waals surface area (Å²) in [4.78, 5) is 15.0. The third kappa shape index (κ3) is 7.62. The molecule has 3 saturated heterocycles. The molecular weight excluding hydrogens is 502 g/mol. The molecule has 3 fully saturated rings. The lowest BCUT2D eigenvalue weighted by Gasteiger charge is -2.43. The number of methoxy groups -OCH3 is 1. The average molecular weight is 542 g/mol. The van der Waals surface area contributed by atoms with E-state index in [9.17, 15) is 18.3 Å². The Morgan fingerprint density at radius 1 is 1.14 bits per heavy atom. The summed E-state index contributed by atoms with van der Waals surface area (Å²) in [6.45, 7) is 4.97. The lowest BCUT2D eigenvalue weighted by Crippen LogP contribution is -2.57. The van der Waals surface area contributed by atoms with E-state index in [0.29, 0.717) is 25.1 Å². The van der Waals surface area contributed by atoms with Gasteiger partial charge >= 0.3 is 0 Å². The fourth-order valence-electron chi connectivity index (χ4n) is 5.09. The molecule has 3 heterocycles. The van der Waals surface area contributed by atoms with Gasteiger partial charge in [0, 0.05) is 26.2 Å². The number of fused-ring (bicyclic) bond motifs is 1. The third-order valence-corrected chi connectivity index (χ3v) is 9.00. The van der Waals surface area contributed by atoms with E-state index in [1.807, 2.05) is 0 Å². The lowest BCUT2D eigenvalue weighted by molar-refractivity contribution is -0.146. The number of β-amino-alcohol motifs (C(OH)–C–C–N with tert-alkyl or cyclic N) is 1. The number of amides is 1. The largest absolute Gasteiger partial charge is 0.497 e. The molecule has 1 amide bonds. The van der Waals surface area contributed by atoms with E-state index < -0.39 is 28.3 Å². The molecule has 1 aromatic rings. The van der Waals surface area contributed by atoms with Crippen LogP contribution in [0.25, 0.3) is 0 Å². The molecule has 0 radical (unpaired) electrons. The number of morpholine rings is 1. The Balaban J connectivity index is 1.33. The second kappa shape index (κ2) is 13.3. The van der Waals surface area contributed by atoms with Gasteiger partial charge in [0.15, 0.2) is 0 Å². The molecule has 3 aliphatic rings. The van der Waals surface area contributed by atoms with Crippen LogP contribution in [0.2, 0.25) is 0 Å². The zero-order valence-electron chi connectivity index (χ0n) is 21.4. The molecule has 0 bridgehead atoms. The van der Waals surface area contributed by atoms with Gasteiger partial charge in [0.2, 0.25) is 15.9 Å². The SMILES string of the molecule is COc1ccc(S(=O)(=O)N2C[C@@H](O)COC[C@@H]3O[C@@H](CC(=O)NCCCN4CCOCC4)CC[C@H]32)cc1. The predicted octanol–water partition coefficient (Wildman–Crippen LogP) is 0.222. The van der Waals surface area contributed by atoms with E-state index in [4.69, 9.17) is 18.9 Å². The van der Waals surface area contributed by atoms with Crippen molar-refractivity contribution in [2.24, 2.45) is 0 Å². The zero-order valence-corrected chi connectivity index (χ0v) is 22.2. The number of ether oxygens (including phenoxy) is 4. The molecule has 208 valence electrons. The fraction of sp³-hybridized carbons (Fsp3) is 0.720. The number of sulfonamides is 1. The van der Waals surface area contributed by atoms with Crippen molar-refractivity contribution in [1.29, 1.82) is 0 Å². The minimum atomic E-state index is -3.90. The van der Waals surface area contributed by atoms with Crippen LogP contribution in [0.5, 0.6) is 5.75 Å². The van der Waals surface area contributed by atoms with Crippen molar-refractivity contribution in [2.45, 2.75) is 54.9 Å². The average Bonchev–Trinajstić information content (AvgIpc) is 2.90. The molecule has 37 heavy (non-hydrogen) atoms. The number of carbonyl (C=O) groups is 1. The molecule has 4 atom stereocenters. The Kier molecular flexibility index (Phi) is 10.2. The third-order valence-electron chi connectivity index (χ3n) is 7.09. The number of aliphatic hydroxyl groups excluding tert-OH is 1. The van der Waals surface area contributed by atoms with Gasteiger partial charge < -0.3 is 29.4 Å². The molecule has 0 aromatic heterocycles. The number of hydrogen-bond acceptors (Lipinski definition) is 9. The van der Waals surface area contributed by atoms with Crippen LogP contribution >= 0.6 is 0 Å². The molecule has 0 saturated carbocycles. The number of rotatable bonds is 9. The molecule has 2 N–H and O–H groups in total. The van der Waals surface area contributed by atoms with Gasteiger partial charge in [-0.1, -0.05) is 0 Å². The smallest absolute Gasteiger partial charge is 0.243 e. The summed E-state index contributed by atoms with van der Waals surface area (Å²) in [5.41, 5.74) is 0. The Morgan fingerprint density at radius 3 is 2.62 bits per heavy atom. The summed E-state index contributed by atoms with van der Waals surface area (Å²) >= 11 is 0. The van der Waals surface area contributed by atoms with Gasteiger partial charge in [0.05, 0.1) is 69.2 Å². The molecule has 4 rings (SSSR count). The molecular formula is C25H39N3O8S. The lowest BCUT2D eigenvalue weighted by atomic mass is 9.96. The Morgan fingerprint density at radius 2 is 1.89 bits per heavy atom. The molecule has 0 spiro atoms. The second-order valence-corrected chi connectivity index (χ2v) is 11.6. The maximum absolute atomic E-state index is 13.6. The van der Waals surface area contributed by atoms with E-state index in [1.165, 1.54) is 23.5 Å². The van der Waals surface area contributed by atoms with E-state index >= 15 is 0 Å². The molecule has 0 unspecified atom stereocenters. The normalized spacial score (nSPS) is 28.1. The standard InChI is InChI=1S/C25H39N3O8S/c1-33-20-3-6-22(7-4-20)37(31,32)28-16-19(29)17-35-18-24-23(28)8-5-21(36-24)15-25(30)26-9-2-10-27-11-13-34-14-12-27/h3-4,6-7,19,21,23-24,29H,2,5,8-18H2,1H3,(H,26,30)/t19-,21-,23-,24+/m1/s1. The summed E-state index contributed by atoms with van der Waals surface area (Å²) < 4.78 is 50.8. The topological polar surface area (TPSA) is 127 Å². The monoisotopic (exact) mass is 541 g/mol. The van der Waals surface area contributed by atoms with Gasteiger partial charge in [-0.25, -0.2) is 8.42 Å². The van der Waals surface area contributed by atoms with Crippen LogP contribution in [-0.4, -0.2) is 119 Å². The Bertz CT molecular complexity index is 971. The molecule has 11 nitrogen and oxygen atoms in total. The first-order chi connectivity index (χ1) is 17.9. The Hall–Kier alpha value is -1.80. The summed E-state index contributed by atoms with van der Waals surface area (Å²) in [5, 5.41) is 13.3. The van der Waals surface area contributed by atoms with Crippen molar-refractivity contribution in [1.82, 2.24) is 14.5 Å². The molecule has 1 aromatic carbocycles. The second-order valence-electron chi connectivity index (χ2n) is 9.74.